The lowest BCUT2D eigenvalue weighted by molar-refractivity contribution is -0.109. The first-order valence-electron chi connectivity index (χ1n) is 1.59. The predicted molar refractivity (Wildman–Crippen MR) is 15.1 cm³/mol. The van der Waals surface area contributed by atoms with E-state index >= 15 is 0 Å². The van der Waals surface area contributed by atoms with Crippen LogP contribution in [0.15, 0.2) is 0 Å². The van der Waals surface area contributed by atoms with E-state index in [9.17, 15) is 4.79 Å². The summed E-state index contributed by atoms with van der Waals surface area (Å²) in [6.45, 7) is 0. The van der Waals surface area contributed by atoms with E-state index in [1.54, 1.807) is 0 Å². The third-order valence-electron chi connectivity index (χ3n) is 0.0833. The molecule has 0 bridgehead atoms. The third kappa shape index (κ3) is 1.47. The zero-order valence-corrected chi connectivity index (χ0v) is 2.19. The van der Waals surface area contributed by atoms with Gasteiger partial charge < -0.3 is 5.32 Å². The minimum Gasteiger partial charge on any atom is -0.362 e. The van der Waals surface area contributed by atoms with Gasteiger partial charge in [-0.3, -0.25) is 4.79 Å². The normalized spacial score (nSPS) is 8.50. The van der Waals surface area contributed by atoms with Crippen LogP contribution in [0.2, 0.25) is 0 Å². The Labute approximate surface area is 26.2 Å². The lowest BCUT2D eigenvalue weighted by Crippen LogP contribution is -1.98. The summed E-state index contributed by atoms with van der Waals surface area (Å²) in [6, 6.07) is 0. The maximum Gasteiger partial charge on any atom is 0.206 e. The number of nitrogens with one attached hydrogen (secondary N) is 1. The van der Waals surface area contributed by atoms with Crippen LogP contribution in [0.5, 0.6) is 0 Å². The van der Waals surface area contributed by atoms with Crippen molar-refractivity contribution in [1.29, 1.82) is 0 Å². The second-order valence-electron chi connectivity index (χ2n) is 0.322. The zero-order chi connectivity index (χ0) is 4.12. The van der Waals surface area contributed by atoms with Gasteiger partial charge in [-0.1, -0.05) is 0 Å². The molecule has 0 unspecified atom stereocenters. The van der Waals surface area contributed by atoms with E-state index in [1.807, 2.05) is 0 Å². The highest BCUT2D eigenvalue weighted by Crippen LogP contribution is 1.09. The summed E-state index contributed by atoms with van der Waals surface area (Å²) in [5, 5.41) is 2.10. The number of hydrogen-bond donors (Lipinski definition) is 1. The van der Waals surface area contributed by atoms with E-state index in [0.717, 1.165) is 0 Å². The molecule has 1 amide bonds. The highest BCUT2D eigenvalue weighted by molar-refractivity contribution is 5.44. The molecule has 0 atom stereocenters. The van der Waals surface area contributed by atoms with Gasteiger partial charge in [0.2, 0.25) is 6.41 Å². The molecule has 0 saturated heterocycles. The Morgan fingerprint density at radius 3 is 3.25 bits per heavy atom. The number of rotatable bonds is 1. The minimum absolute atomic E-state index is 0.0243. The Bertz CT molecular complexity index is 30.8. The van der Waals surface area contributed by atoms with E-state index < -0.39 is 0 Å². The van der Waals surface area contributed by atoms with Crippen LogP contribution in [0.1, 0.15) is 1.37 Å². The summed E-state index contributed by atoms with van der Waals surface area (Å²) < 4.78 is 6.26. The van der Waals surface area contributed by atoms with Crippen LogP contribution in [-0.4, -0.2) is 13.4 Å². The van der Waals surface area contributed by atoms with E-state index in [4.69, 9.17) is 1.37 Å². The lowest BCUT2D eigenvalue weighted by atomic mass is 11.2. The first kappa shape index (κ1) is 1.76. The van der Waals surface area contributed by atoms with Crippen molar-refractivity contribution in [3.63, 3.8) is 0 Å². The maximum absolute atomic E-state index is 9.17. The summed E-state index contributed by atoms with van der Waals surface area (Å²) in [5.74, 6) is 0. The molecule has 0 aliphatic carbocycles. The van der Waals surface area contributed by atoms with Crippen LogP contribution in [0.3, 0.4) is 0 Å². The summed E-state index contributed by atoms with van der Waals surface area (Å²) in [7, 11) is -0.0243. The molecule has 0 aliphatic rings. The predicted octanol–water partition coefficient (Wildman–Crippen LogP) is -0.638. The van der Waals surface area contributed by atoms with Crippen molar-refractivity contribution in [2.45, 2.75) is 0 Å². The largest absolute Gasteiger partial charge is 0.362 e. The maximum atomic E-state index is 9.17. The topological polar surface area (TPSA) is 29.1 Å². The van der Waals surface area contributed by atoms with Gasteiger partial charge in [0.25, 0.3) is 0 Å². The summed E-state index contributed by atoms with van der Waals surface area (Å²) in [6.07, 6.45) is 0.493. The molecule has 0 saturated carbocycles. The fraction of sp³-hybridized carbons (Fsp3) is 0.500. The van der Waals surface area contributed by atoms with Crippen LogP contribution in [0.4, 0.5) is 0 Å². The quantitative estimate of drug-likeness (QED) is 0.401. The Morgan fingerprint density at radius 1 is 2.50 bits per heavy atom. The van der Waals surface area contributed by atoms with Crippen molar-refractivity contribution in [3.8, 4) is 0 Å². The first-order chi connectivity index (χ1) is 2.41. The number of carbonyl (C=O) groups excluding carboxylic acids is 1. The van der Waals surface area contributed by atoms with E-state index in [-0.39, 0.29) is 7.02 Å². The molecule has 0 aromatic heterocycles. The number of hydrogen-bond acceptors (Lipinski definition) is 1. The summed E-state index contributed by atoms with van der Waals surface area (Å²) in [5.41, 5.74) is 0. The van der Waals surface area contributed by atoms with Gasteiger partial charge in [0.05, 0.1) is 0 Å². The summed E-state index contributed by atoms with van der Waals surface area (Å²) in [4.78, 5) is 9.17. The molecule has 0 aromatic rings. The second-order valence-corrected chi connectivity index (χ2v) is 0.322. The van der Waals surface area contributed by atoms with Crippen molar-refractivity contribution in [1.82, 2.24) is 5.32 Å². The van der Waals surface area contributed by atoms with Crippen molar-refractivity contribution in [3.05, 3.63) is 0 Å². The number of amides is 1. The Kier molecular flexibility index (Phi) is 1.09. The fourth-order valence-electron chi connectivity index (χ4n) is 0. The average Bonchev–Trinajstić information content (AvgIpc) is 1.41. The van der Waals surface area contributed by atoms with E-state index in [0.29, 0.717) is 6.41 Å². The average molecular weight is 60.1 g/mol. The molecule has 4 heavy (non-hydrogen) atoms. The van der Waals surface area contributed by atoms with E-state index in [2.05, 4.69) is 5.32 Å². The molecule has 24 valence electrons. The Morgan fingerprint density at radius 2 is 3.25 bits per heavy atom. The van der Waals surface area contributed by atoms with Gasteiger partial charge in [0.1, 0.15) is 0 Å². The van der Waals surface area contributed by atoms with Crippen molar-refractivity contribution < 1.29 is 6.17 Å². The Balaban J connectivity index is 2.40. The van der Waals surface area contributed by atoms with Gasteiger partial charge in [-0.2, -0.15) is 0 Å². The van der Waals surface area contributed by atoms with Crippen LogP contribution in [0, 0.1) is 0 Å². The van der Waals surface area contributed by atoms with Crippen LogP contribution >= 0.6 is 0 Å². The monoisotopic (exact) mass is 60.0 g/mol. The van der Waals surface area contributed by atoms with Crippen molar-refractivity contribution in [2.75, 3.05) is 7.02 Å². The van der Waals surface area contributed by atoms with E-state index in [1.165, 1.54) is 0 Å². The van der Waals surface area contributed by atoms with Gasteiger partial charge in [-0.15, -0.1) is 0 Å². The van der Waals surface area contributed by atoms with Crippen molar-refractivity contribution in [2.24, 2.45) is 0 Å². The summed E-state index contributed by atoms with van der Waals surface area (Å²) >= 11 is 0. The molecule has 2 nitrogen and oxygen atoms in total. The van der Waals surface area contributed by atoms with Gasteiger partial charge in [0, 0.05) is 8.39 Å². The molecule has 0 aliphatic heterocycles. The zero-order valence-electron chi connectivity index (χ0n) is 3.19. The van der Waals surface area contributed by atoms with Gasteiger partial charge >= 0.3 is 0 Å². The lowest BCUT2D eigenvalue weighted by Gasteiger charge is -1.64. The molecule has 2 heteroatoms. The SMILES string of the molecule is [2H]CNC=O. The standard InChI is InChI=1S/C2H5NO/c1-3-2-4/h2H,1H3,(H,3,4)/i1D. The number of carbonyl (C=O) groups is 1. The molecular formula is C2H5NO. The van der Waals surface area contributed by atoms with Crippen LogP contribution < -0.4 is 5.32 Å². The van der Waals surface area contributed by atoms with Gasteiger partial charge in [0.15, 0.2) is 0 Å². The van der Waals surface area contributed by atoms with Crippen LogP contribution in [0.25, 0.3) is 0 Å². The van der Waals surface area contributed by atoms with Crippen LogP contribution in [-0.2, 0) is 4.79 Å². The highest BCUT2D eigenvalue weighted by Gasteiger charge is 1.43. The van der Waals surface area contributed by atoms with Gasteiger partial charge in [-0.05, 0) is 0 Å². The molecule has 0 heterocycles. The fourth-order valence-corrected chi connectivity index (χ4v) is 0. The third-order valence-corrected chi connectivity index (χ3v) is 0.0833. The molecule has 1 N–H and O–H groups in total. The second kappa shape index (κ2) is 2.47. The molecule has 0 fully saturated rings. The smallest absolute Gasteiger partial charge is 0.206 e. The molecule has 0 aromatic carbocycles. The Hall–Kier alpha value is -0.530. The highest BCUT2D eigenvalue weighted by atomic mass is 16.1. The molecule has 0 radical (unpaired) electrons. The van der Waals surface area contributed by atoms with Crippen molar-refractivity contribution >= 4 is 6.41 Å². The molecule has 0 rings (SSSR count). The first-order valence-corrected chi connectivity index (χ1v) is 0.878. The molecular weight excluding hydrogens is 54.0 g/mol. The minimum atomic E-state index is -0.0243. The van der Waals surface area contributed by atoms with Gasteiger partial charge in [-0.25, -0.2) is 0 Å². The molecule has 0 spiro atoms.